The van der Waals surface area contributed by atoms with Crippen molar-refractivity contribution in [2.45, 2.75) is 238 Å². The highest BCUT2D eigenvalue weighted by Gasteiger charge is 2.26. The van der Waals surface area contributed by atoms with Crippen molar-refractivity contribution in [1.29, 1.82) is 0 Å². The van der Waals surface area contributed by atoms with Gasteiger partial charge in [-0.25, -0.2) is 4.57 Å². The van der Waals surface area contributed by atoms with Crippen molar-refractivity contribution in [2.75, 3.05) is 26.4 Å². The van der Waals surface area contributed by atoms with E-state index < -0.39 is 32.5 Å². The average Bonchev–Trinajstić information content (AvgIpc) is 3.36. The first kappa shape index (κ1) is 67.7. The molecule has 0 heterocycles. The first-order valence-corrected chi connectivity index (χ1v) is 29.9. The van der Waals surface area contributed by atoms with Crippen LogP contribution in [0.15, 0.2) is 109 Å². The molecule has 0 bridgehead atoms. The summed E-state index contributed by atoms with van der Waals surface area (Å²) in [5, 5.41) is 0. The fourth-order valence-corrected chi connectivity index (χ4v) is 8.23. The molecule has 2 unspecified atom stereocenters. The third kappa shape index (κ3) is 55.8. The Balaban J connectivity index is 4.06. The van der Waals surface area contributed by atoms with E-state index in [0.29, 0.717) is 12.8 Å². The van der Waals surface area contributed by atoms with Gasteiger partial charge >= 0.3 is 19.8 Å². The molecular formula is C61H104NO8P. The van der Waals surface area contributed by atoms with Crippen molar-refractivity contribution in [3.63, 3.8) is 0 Å². The summed E-state index contributed by atoms with van der Waals surface area (Å²) in [5.41, 5.74) is 5.38. The third-order valence-corrected chi connectivity index (χ3v) is 12.6. The van der Waals surface area contributed by atoms with E-state index in [-0.39, 0.29) is 32.6 Å². The van der Waals surface area contributed by atoms with Crippen LogP contribution in [0.1, 0.15) is 232 Å². The number of phosphoric acid groups is 1. The quantitative estimate of drug-likeness (QED) is 0.0264. The van der Waals surface area contributed by atoms with Crippen molar-refractivity contribution in [3.05, 3.63) is 109 Å². The fraction of sp³-hybridized carbons (Fsp3) is 0.672. The normalized spacial score (nSPS) is 13.9. The van der Waals surface area contributed by atoms with Gasteiger partial charge in [-0.3, -0.25) is 18.6 Å². The van der Waals surface area contributed by atoms with Crippen LogP contribution in [0, 0.1) is 0 Å². The van der Waals surface area contributed by atoms with Gasteiger partial charge in [-0.2, -0.15) is 0 Å². The van der Waals surface area contributed by atoms with Crippen LogP contribution >= 0.6 is 7.82 Å². The molecule has 3 N–H and O–H groups in total. The molecule has 9 nitrogen and oxygen atoms in total. The molecule has 0 aliphatic rings. The van der Waals surface area contributed by atoms with Gasteiger partial charge in [0.2, 0.25) is 0 Å². The predicted octanol–water partition coefficient (Wildman–Crippen LogP) is 17.8. The maximum absolute atomic E-state index is 12.7. The minimum absolute atomic E-state index is 0.0452. The minimum atomic E-state index is -4.40. The highest BCUT2D eigenvalue weighted by Crippen LogP contribution is 2.43. The molecule has 0 amide bonds. The number of ether oxygens (including phenoxy) is 2. The standard InChI is InChI=1S/C61H104NO8P/c1-3-5-7-9-11-13-15-17-19-21-23-25-26-27-28-29-30-31-32-34-36-38-40-42-44-46-48-50-52-54-61(64)70-59(58-69-71(65,66)68-56-55-62)57-67-60(63)53-51-49-47-45-43-41-39-37-35-33-24-22-20-18-16-14-12-10-8-6-4-2/h5,7,11,13,16-19,22-25,27-28,30-31,35,37,59H,3-4,6,8-10,12,14-15,20-21,26,29,32-34,36,38-58,62H2,1-2H3,(H,65,66)/b7-5-,13-11-,18-16-,19-17-,24-22-,25-23-,28-27-,31-30-,37-35-. The van der Waals surface area contributed by atoms with E-state index in [2.05, 4.69) is 123 Å². The first-order chi connectivity index (χ1) is 34.8. The molecule has 2 atom stereocenters. The van der Waals surface area contributed by atoms with Gasteiger partial charge in [0, 0.05) is 19.4 Å². The molecule has 0 saturated carbocycles. The number of hydrogen-bond donors (Lipinski definition) is 2. The van der Waals surface area contributed by atoms with E-state index in [0.717, 1.165) is 109 Å². The summed E-state index contributed by atoms with van der Waals surface area (Å²) < 4.78 is 33.0. The molecule has 0 aliphatic heterocycles. The largest absolute Gasteiger partial charge is 0.472 e. The Hall–Kier alpha value is -3.33. The van der Waals surface area contributed by atoms with Crippen molar-refractivity contribution in [3.8, 4) is 0 Å². The molecule has 406 valence electrons. The van der Waals surface area contributed by atoms with Crippen LogP contribution in [-0.2, 0) is 32.7 Å². The Morgan fingerprint density at radius 2 is 0.775 bits per heavy atom. The summed E-state index contributed by atoms with van der Waals surface area (Å²) in [4.78, 5) is 35.2. The Morgan fingerprint density at radius 3 is 1.15 bits per heavy atom. The van der Waals surface area contributed by atoms with E-state index in [1.807, 2.05) is 0 Å². The summed E-state index contributed by atoms with van der Waals surface area (Å²) in [6, 6.07) is 0. The monoisotopic (exact) mass is 1010 g/mol. The van der Waals surface area contributed by atoms with Crippen molar-refractivity contribution >= 4 is 19.8 Å². The van der Waals surface area contributed by atoms with Crippen molar-refractivity contribution in [1.82, 2.24) is 0 Å². The zero-order valence-electron chi connectivity index (χ0n) is 45.2. The molecule has 0 rings (SSSR count). The summed E-state index contributed by atoms with van der Waals surface area (Å²) in [7, 11) is -4.40. The number of carbonyl (C=O) groups excluding carboxylic acids is 2. The molecule has 0 aliphatic carbocycles. The molecule has 0 spiro atoms. The van der Waals surface area contributed by atoms with E-state index in [1.54, 1.807) is 0 Å². The third-order valence-electron chi connectivity index (χ3n) is 11.6. The maximum Gasteiger partial charge on any atom is 0.472 e. The lowest BCUT2D eigenvalue weighted by Crippen LogP contribution is -2.29. The van der Waals surface area contributed by atoms with E-state index in [4.69, 9.17) is 24.3 Å². The van der Waals surface area contributed by atoms with Crippen LogP contribution in [0.4, 0.5) is 0 Å². The number of unbranched alkanes of at least 4 members (excludes halogenated alkanes) is 21. The van der Waals surface area contributed by atoms with Crippen LogP contribution in [0.25, 0.3) is 0 Å². The Morgan fingerprint density at radius 1 is 0.437 bits per heavy atom. The van der Waals surface area contributed by atoms with E-state index in [1.165, 1.54) is 83.5 Å². The number of esters is 2. The van der Waals surface area contributed by atoms with Gasteiger partial charge in [-0.05, 0) is 103 Å². The maximum atomic E-state index is 12.7. The van der Waals surface area contributed by atoms with Gasteiger partial charge in [-0.15, -0.1) is 0 Å². The van der Waals surface area contributed by atoms with Gasteiger partial charge in [0.25, 0.3) is 0 Å². The van der Waals surface area contributed by atoms with Gasteiger partial charge in [0.05, 0.1) is 13.2 Å². The van der Waals surface area contributed by atoms with Gasteiger partial charge in [0.15, 0.2) is 6.10 Å². The SMILES string of the molecule is CC/C=C\C/C=C\C/C=C\C/C=C\C/C=C\C/C=C\CCCCCCCCCCCCC(=O)OC(COC(=O)CCCCCCCC/C=C\C/C=C\C/C=C\CCCCCCC)COP(=O)(O)OCCN. The lowest BCUT2D eigenvalue weighted by Gasteiger charge is -2.19. The second-order valence-corrected chi connectivity index (χ2v) is 19.9. The Kier molecular flexibility index (Phi) is 53.3. The number of nitrogens with two attached hydrogens (primary N) is 1. The van der Waals surface area contributed by atoms with E-state index in [9.17, 15) is 19.0 Å². The van der Waals surface area contributed by atoms with Crippen LogP contribution in [0.5, 0.6) is 0 Å². The van der Waals surface area contributed by atoms with Crippen LogP contribution in [0.2, 0.25) is 0 Å². The molecule has 0 fully saturated rings. The van der Waals surface area contributed by atoms with Crippen LogP contribution in [-0.4, -0.2) is 49.3 Å². The fourth-order valence-electron chi connectivity index (χ4n) is 7.47. The molecule has 0 aromatic heterocycles. The number of rotatable bonds is 52. The summed E-state index contributed by atoms with van der Waals surface area (Å²) in [5.74, 6) is -0.852. The number of phosphoric ester groups is 1. The zero-order valence-corrected chi connectivity index (χ0v) is 46.1. The van der Waals surface area contributed by atoms with Crippen molar-refractivity contribution in [2.24, 2.45) is 5.73 Å². The molecule has 0 aromatic rings. The zero-order chi connectivity index (χ0) is 51.7. The predicted molar refractivity (Wildman–Crippen MR) is 302 cm³/mol. The van der Waals surface area contributed by atoms with Crippen LogP contribution < -0.4 is 5.73 Å². The molecule has 71 heavy (non-hydrogen) atoms. The van der Waals surface area contributed by atoms with E-state index >= 15 is 0 Å². The second-order valence-electron chi connectivity index (χ2n) is 18.4. The molecule has 0 aromatic carbocycles. The first-order valence-electron chi connectivity index (χ1n) is 28.4. The molecule has 10 heteroatoms. The number of allylic oxidation sites excluding steroid dienone is 18. The second kappa shape index (κ2) is 56.0. The molecular weight excluding hydrogens is 906 g/mol. The molecule has 0 radical (unpaired) electrons. The topological polar surface area (TPSA) is 134 Å². The Bertz CT molecular complexity index is 1530. The van der Waals surface area contributed by atoms with Crippen LogP contribution in [0.3, 0.4) is 0 Å². The lowest BCUT2D eigenvalue weighted by molar-refractivity contribution is -0.161. The summed E-state index contributed by atoms with van der Waals surface area (Å²) in [6.45, 7) is 3.59. The van der Waals surface area contributed by atoms with Crippen molar-refractivity contribution < 1.29 is 37.6 Å². The minimum Gasteiger partial charge on any atom is -0.462 e. The smallest absolute Gasteiger partial charge is 0.462 e. The average molecular weight is 1010 g/mol. The Labute approximate surface area is 435 Å². The number of hydrogen-bond acceptors (Lipinski definition) is 8. The summed E-state index contributed by atoms with van der Waals surface area (Å²) >= 11 is 0. The van der Waals surface area contributed by atoms with Gasteiger partial charge in [-0.1, -0.05) is 226 Å². The number of carbonyl (C=O) groups is 2. The van der Waals surface area contributed by atoms with Gasteiger partial charge in [0.1, 0.15) is 6.61 Å². The summed E-state index contributed by atoms with van der Waals surface area (Å²) in [6.07, 6.45) is 75.6. The molecule has 0 saturated heterocycles. The highest BCUT2D eigenvalue weighted by molar-refractivity contribution is 7.47. The highest BCUT2D eigenvalue weighted by atomic mass is 31.2. The lowest BCUT2D eigenvalue weighted by atomic mass is 10.0. The van der Waals surface area contributed by atoms with Gasteiger partial charge < -0.3 is 20.1 Å².